The van der Waals surface area contributed by atoms with Crippen LogP contribution in [-0.2, 0) is 4.74 Å². The van der Waals surface area contributed by atoms with E-state index >= 15 is 0 Å². The molecule has 0 bridgehead atoms. The second kappa shape index (κ2) is 8.24. The first kappa shape index (κ1) is 20.8. The molecular formula is C25H29NO3. The molecular weight excluding hydrogens is 362 g/mol. The minimum Gasteiger partial charge on any atom is -0.440 e. The van der Waals surface area contributed by atoms with Crippen LogP contribution in [0.15, 0.2) is 49.1 Å². The quantitative estimate of drug-likeness (QED) is 0.614. The smallest absolute Gasteiger partial charge is 0.410 e. The van der Waals surface area contributed by atoms with Crippen molar-refractivity contribution in [3.8, 4) is 0 Å². The van der Waals surface area contributed by atoms with Crippen LogP contribution in [0.25, 0.3) is 0 Å². The van der Waals surface area contributed by atoms with Crippen LogP contribution in [-0.4, -0.2) is 30.4 Å². The summed E-state index contributed by atoms with van der Waals surface area (Å²) in [6, 6.07) is 11.5. The lowest BCUT2D eigenvalue weighted by Crippen LogP contribution is -2.30. The largest absolute Gasteiger partial charge is 0.440 e. The number of ether oxygens (including phenoxy) is 1. The fraction of sp³-hybridized carbons (Fsp3) is 0.360. The van der Waals surface area contributed by atoms with E-state index in [4.69, 9.17) is 4.74 Å². The van der Waals surface area contributed by atoms with E-state index in [1.54, 1.807) is 13.1 Å². The van der Waals surface area contributed by atoms with Gasteiger partial charge in [-0.15, -0.1) is 6.58 Å². The lowest BCUT2D eigenvalue weighted by atomic mass is 9.84. The second-order valence-corrected chi connectivity index (χ2v) is 8.05. The Morgan fingerprint density at radius 3 is 2.48 bits per heavy atom. The number of hydrogen-bond donors (Lipinski definition) is 0. The molecule has 1 amide bonds. The average molecular weight is 392 g/mol. The van der Waals surface area contributed by atoms with Gasteiger partial charge in [-0.3, -0.25) is 4.79 Å². The number of amides is 1. The van der Waals surface area contributed by atoms with Crippen molar-refractivity contribution >= 4 is 11.9 Å². The van der Waals surface area contributed by atoms with Crippen LogP contribution in [0.1, 0.15) is 70.0 Å². The molecule has 0 saturated heterocycles. The summed E-state index contributed by atoms with van der Waals surface area (Å²) in [6.45, 7) is 12.5. The molecule has 29 heavy (non-hydrogen) atoms. The number of likely N-dealkylation sites (N-methyl/N-ethyl adjacent to an activating group) is 1. The van der Waals surface area contributed by atoms with E-state index in [9.17, 15) is 9.59 Å². The van der Waals surface area contributed by atoms with E-state index in [0.29, 0.717) is 18.0 Å². The molecule has 0 aliphatic heterocycles. The van der Waals surface area contributed by atoms with Gasteiger partial charge in [0.05, 0.1) is 5.92 Å². The summed E-state index contributed by atoms with van der Waals surface area (Å²) in [5.41, 5.74) is 5.88. The summed E-state index contributed by atoms with van der Waals surface area (Å²) in [6.07, 6.45) is 0.545. The van der Waals surface area contributed by atoms with Gasteiger partial charge >= 0.3 is 6.09 Å². The molecule has 0 aromatic heterocycles. The van der Waals surface area contributed by atoms with Crippen molar-refractivity contribution in [3.63, 3.8) is 0 Å². The third-order valence-electron chi connectivity index (χ3n) is 5.89. The molecule has 2 aromatic rings. The van der Waals surface area contributed by atoms with Crippen molar-refractivity contribution in [2.45, 2.75) is 45.6 Å². The van der Waals surface area contributed by atoms with Gasteiger partial charge in [-0.2, -0.15) is 0 Å². The standard InChI is InChI=1S/C25H29NO3/c1-7-14-26(6)25(28)29-24-21-11-9-8-10-20(21)23(27)22(24)19-13-12-18(15(2)3)16(4)17(19)5/h7-13,15,22,24H,1,14H2,2-6H3. The number of rotatable bonds is 5. The Kier molecular flexibility index (Phi) is 5.92. The minimum atomic E-state index is -0.638. The third-order valence-corrected chi connectivity index (χ3v) is 5.89. The molecule has 0 heterocycles. The summed E-state index contributed by atoms with van der Waals surface area (Å²) in [7, 11) is 1.66. The Morgan fingerprint density at radius 1 is 1.14 bits per heavy atom. The summed E-state index contributed by atoms with van der Waals surface area (Å²) < 4.78 is 5.88. The van der Waals surface area contributed by atoms with Crippen molar-refractivity contribution in [2.24, 2.45) is 0 Å². The second-order valence-electron chi connectivity index (χ2n) is 8.05. The zero-order chi connectivity index (χ0) is 21.3. The predicted molar refractivity (Wildman–Crippen MR) is 116 cm³/mol. The van der Waals surface area contributed by atoms with Crippen molar-refractivity contribution in [2.75, 3.05) is 13.6 Å². The summed E-state index contributed by atoms with van der Waals surface area (Å²) in [4.78, 5) is 27.4. The van der Waals surface area contributed by atoms with Crippen LogP contribution in [0.3, 0.4) is 0 Å². The lowest BCUT2D eigenvalue weighted by molar-refractivity contribution is 0.0581. The highest BCUT2D eigenvalue weighted by Gasteiger charge is 2.44. The van der Waals surface area contributed by atoms with Crippen LogP contribution in [0.2, 0.25) is 0 Å². The molecule has 4 nitrogen and oxygen atoms in total. The minimum absolute atomic E-state index is 0.00423. The predicted octanol–water partition coefficient (Wildman–Crippen LogP) is 5.70. The number of hydrogen-bond acceptors (Lipinski definition) is 3. The van der Waals surface area contributed by atoms with Crippen molar-refractivity contribution in [3.05, 3.63) is 82.4 Å². The Hall–Kier alpha value is -2.88. The van der Waals surface area contributed by atoms with Gasteiger partial charge in [0.1, 0.15) is 6.10 Å². The van der Waals surface area contributed by atoms with Gasteiger partial charge in [0.25, 0.3) is 0 Å². The number of fused-ring (bicyclic) bond motifs is 1. The van der Waals surface area contributed by atoms with E-state index in [2.05, 4.69) is 40.3 Å². The van der Waals surface area contributed by atoms with Gasteiger partial charge in [-0.1, -0.05) is 56.3 Å². The summed E-state index contributed by atoms with van der Waals surface area (Å²) in [5.74, 6) is -0.127. The molecule has 4 heteroatoms. The van der Waals surface area contributed by atoms with Gasteiger partial charge in [0.15, 0.2) is 5.78 Å². The number of carbonyl (C=O) groups excluding carboxylic acids is 2. The Morgan fingerprint density at radius 2 is 1.83 bits per heavy atom. The third kappa shape index (κ3) is 3.71. The van der Waals surface area contributed by atoms with Gasteiger partial charge in [-0.25, -0.2) is 4.79 Å². The first-order valence-electron chi connectivity index (χ1n) is 10.0. The van der Waals surface area contributed by atoms with Crippen LogP contribution < -0.4 is 0 Å². The lowest BCUT2D eigenvalue weighted by Gasteiger charge is -2.26. The Labute approximate surface area is 173 Å². The van der Waals surface area contributed by atoms with Crippen LogP contribution in [0, 0.1) is 13.8 Å². The molecule has 1 aliphatic rings. The van der Waals surface area contributed by atoms with Gasteiger partial charge in [0, 0.05) is 24.7 Å². The van der Waals surface area contributed by atoms with Crippen molar-refractivity contribution in [1.82, 2.24) is 4.90 Å². The van der Waals surface area contributed by atoms with Crippen molar-refractivity contribution in [1.29, 1.82) is 0 Å². The molecule has 152 valence electrons. The van der Waals surface area contributed by atoms with Crippen LogP contribution in [0.5, 0.6) is 0 Å². The number of carbonyl (C=O) groups is 2. The highest BCUT2D eigenvalue weighted by atomic mass is 16.6. The maximum absolute atomic E-state index is 13.3. The number of nitrogens with zero attached hydrogens (tertiary/aromatic N) is 1. The van der Waals surface area contributed by atoms with Gasteiger partial charge in [-0.05, 0) is 42.0 Å². The van der Waals surface area contributed by atoms with Gasteiger partial charge in [0.2, 0.25) is 0 Å². The van der Waals surface area contributed by atoms with E-state index in [0.717, 1.165) is 16.7 Å². The first-order valence-corrected chi connectivity index (χ1v) is 10.0. The summed E-state index contributed by atoms with van der Waals surface area (Å²) in [5, 5.41) is 0. The van der Waals surface area contributed by atoms with Crippen LogP contribution in [0.4, 0.5) is 4.79 Å². The zero-order valence-electron chi connectivity index (χ0n) is 17.9. The van der Waals surface area contributed by atoms with E-state index in [1.165, 1.54) is 16.0 Å². The monoisotopic (exact) mass is 391 g/mol. The van der Waals surface area contributed by atoms with E-state index in [1.807, 2.05) is 30.3 Å². The Balaban J connectivity index is 2.07. The molecule has 3 rings (SSSR count). The van der Waals surface area contributed by atoms with E-state index < -0.39 is 18.1 Å². The number of benzene rings is 2. The maximum Gasteiger partial charge on any atom is 0.410 e. The molecule has 1 aliphatic carbocycles. The zero-order valence-corrected chi connectivity index (χ0v) is 17.9. The molecule has 0 saturated carbocycles. The van der Waals surface area contributed by atoms with E-state index in [-0.39, 0.29) is 5.78 Å². The highest BCUT2D eigenvalue weighted by Crippen LogP contribution is 2.46. The molecule has 0 radical (unpaired) electrons. The molecule has 2 unspecified atom stereocenters. The molecule has 0 fully saturated rings. The molecule has 0 N–H and O–H groups in total. The highest BCUT2D eigenvalue weighted by molar-refractivity contribution is 6.06. The first-order chi connectivity index (χ1) is 13.8. The molecule has 2 atom stereocenters. The maximum atomic E-state index is 13.3. The van der Waals surface area contributed by atoms with Crippen molar-refractivity contribution < 1.29 is 14.3 Å². The fourth-order valence-electron chi connectivity index (χ4n) is 4.18. The Bertz CT molecular complexity index is 961. The average Bonchev–Trinajstić information content (AvgIpc) is 2.96. The topological polar surface area (TPSA) is 46.6 Å². The SMILES string of the molecule is C=CCN(C)C(=O)OC1c2ccccc2C(=O)C1c1ccc(C(C)C)c(C)c1C. The fourth-order valence-corrected chi connectivity index (χ4v) is 4.18. The van der Waals surface area contributed by atoms with Crippen LogP contribution >= 0.6 is 0 Å². The normalized spacial score (nSPS) is 17.9. The molecule has 0 spiro atoms. The van der Waals surface area contributed by atoms with Gasteiger partial charge < -0.3 is 9.64 Å². The summed E-state index contributed by atoms with van der Waals surface area (Å²) >= 11 is 0. The number of ketones is 1. The number of Topliss-reactive ketones (excluding diaryl/α,β-unsaturated/α-hetero) is 1. The molecule has 2 aromatic carbocycles.